The lowest BCUT2D eigenvalue weighted by molar-refractivity contribution is -0.153. The molecule has 0 radical (unpaired) electrons. The molecule has 0 spiro atoms. The summed E-state index contributed by atoms with van der Waals surface area (Å²) < 4.78 is 10.1. The number of carbonyl (C=O) groups excluding carboxylic acids is 3. The number of primary amides is 1. The molecule has 0 aliphatic carbocycles. The third-order valence-electron chi connectivity index (χ3n) is 3.06. The predicted octanol–water partition coefficient (Wildman–Crippen LogP) is 0.219. The zero-order valence-electron chi connectivity index (χ0n) is 11.6. The molecule has 0 fully saturated rings. The Morgan fingerprint density at radius 2 is 2.14 bits per heavy atom. The summed E-state index contributed by atoms with van der Waals surface area (Å²) in [5.74, 6) is -0.936. The van der Waals surface area contributed by atoms with Crippen molar-refractivity contribution in [3.63, 3.8) is 0 Å². The van der Waals surface area contributed by atoms with Crippen LogP contribution in [0.15, 0.2) is 24.3 Å². The van der Waals surface area contributed by atoms with Gasteiger partial charge < -0.3 is 20.1 Å². The number of amides is 2. The number of anilines is 1. The highest BCUT2D eigenvalue weighted by Gasteiger charge is 2.26. The number of para-hydroxylation sites is 2. The van der Waals surface area contributed by atoms with Crippen molar-refractivity contribution in [2.45, 2.75) is 19.4 Å². The standard InChI is InChI=1S/C14H16N2O5/c1-9(14(15)19)21-13(18)6-7-16-10-4-2-3-5-11(10)20-8-12(16)17/h2-5,9H,6-8H2,1H3,(H2,15,19)/t9-/m1/s1. The number of benzene rings is 1. The molecular weight excluding hydrogens is 276 g/mol. The van der Waals surface area contributed by atoms with Crippen LogP contribution in [0.3, 0.4) is 0 Å². The van der Waals surface area contributed by atoms with Gasteiger partial charge >= 0.3 is 5.97 Å². The van der Waals surface area contributed by atoms with Crippen LogP contribution in [-0.4, -0.2) is 37.0 Å². The smallest absolute Gasteiger partial charge is 0.308 e. The Balaban J connectivity index is 1.98. The second kappa shape index (κ2) is 6.25. The van der Waals surface area contributed by atoms with Crippen LogP contribution in [0.1, 0.15) is 13.3 Å². The Kier molecular flexibility index (Phi) is 4.42. The summed E-state index contributed by atoms with van der Waals surface area (Å²) in [4.78, 5) is 35.8. The van der Waals surface area contributed by atoms with E-state index in [1.165, 1.54) is 11.8 Å². The lowest BCUT2D eigenvalue weighted by Crippen LogP contribution is -2.40. The van der Waals surface area contributed by atoms with Gasteiger partial charge in [0.05, 0.1) is 12.1 Å². The highest BCUT2D eigenvalue weighted by atomic mass is 16.5. The van der Waals surface area contributed by atoms with Crippen molar-refractivity contribution in [2.75, 3.05) is 18.1 Å². The van der Waals surface area contributed by atoms with E-state index in [0.29, 0.717) is 11.4 Å². The fourth-order valence-corrected chi connectivity index (χ4v) is 1.92. The van der Waals surface area contributed by atoms with E-state index in [-0.39, 0.29) is 25.5 Å². The van der Waals surface area contributed by atoms with Gasteiger partial charge in [-0.25, -0.2) is 0 Å². The van der Waals surface area contributed by atoms with Gasteiger partial charge in [0.15, 0.2) is 12.7 Å². The maximum Gasteiger partial charge on any atom is 0.308 e. The Morgan fingerprint density at radius 3 is 2.86 bits per heavy atom. The van der Waals surface area contributed by atoms with Gasteiger partial charge in [0.2, 0.25) is 0 Å². The highest BCUT2D eigenvalue weighted by Crippen LogP contribution is 2.31. The highest BCUT2D eigenvalue weighted by molar-refractivity contribution is 5.98. The van der Waals surface area contributed by atoms with Gasteiger partial charge in [0.1, 0.15) is 5.75 Å². The molecule has 0 bridgehead atoms. The molecule has 1 aliphatic rings. The van der Waals surface area contributed by atoms with E-state index in [1.807, 2.05) is 0 Å². The minimum Gasteiger partial charge on any atom is -0.482 e. The van der Waals surface area contributed by atoms with E-state index < -0.39 is 18.0 Å². The number of rotatable bonds is 5. The molecule has 1 heterocycles. The zero-order valence-corrected chi connectivity index (χ0v) is 11.6. The van der Waals surface area contributed by atoms with Crippen LogP contribution in [-0.2, 0) is 19.1 Å². The van der Waals surface area contributed by atoms with Gasteiger partial charge in [-0.1, -0.05) is 12.1 Å². The van der Waals surface area contributed by atoms with Crippen molar-refractivity contribution in [2.24, 2.45) is 5.73 Å². The molecule has 0 unspecified atom stereocenters. The van der Waals surface area contributed by atoms with Gasteiger partial charge in [-0.2, -0.15) is 0 Å². The summed E-state index contributed by atoms with van der Waals surface area (Å²) in [5, 5.41) is 0. The van der Waals surface area contributed by atoms with Crippen LogP contribution in [0.2, 0.25) is 0 Å². The molecule has 112 valence electrons. The van der Waals surface area contributed by atoms with Crippen LogP contribution >= 0.6 is 0 Å². The predicted molar refractivity (Wildman–Crippen MR) is 73.7 cm³/mol. The summed E-state index contributed by atoms with van der Waals surface area (Å²) >= 11 is 0. The van der Waals surface area contributed by atoms with Crippen LogP contribution in [0, 0.1) is 0 Å². The van der Waals surface area contributed by atoms with E-state index in [1.54, 1.807) is 24.3 Å². The number of esters is 1. The zero-order chi connectivity index (χ0) is 15.4. The number of hydrogen-bond donors (Lipinski definition) is 1. The average Bonchev–Trinajstić information content (AvgIpc) is 2.46. The molecule has 2 rings (SSSR count). The molecule has 1 aromatic carbocycles. The molecule has 0 saturated carbocycles. The van der Waals surface area contributed by atoms with E-state index in [2.05, 4.69) is 0 Å². The van der Waals surface area contributed by atoms with Crippen LogP contribution in [0.25, 0.3) is 0 Å². The van der Waals surface area contributed by atoms with Gasteiger partial charge in [0, 0.05) is 6.54 Å². The summed E-state index contributed by atoms with van der Waals surface area (Å²) in [7, 11) is 0. The molecule has 0 aromatic heterocycles. The first-order valence-corrected chi connectivity index (χ1v) is 6.50. The monoisotopic (exact) mass is 292 g/mol. The molecule has 7 heteroatoms. The van der Waals surface area contributed by atoms with Crippen molar-refractivity contribution < 1.29 is 23.9 Å². The SMILES string of the molecule is C[C@@H](OC(=O)CCN1C(=O)COc2ccccc21)C(N)=O. The Hall–Kier alpha value is -2.57. The third kappa shape index (κ3) is 3.50. The molecule has 7 nitrogen and oxygen atoms in total. The van der Waals surface area contributed by atoms with Crippen molar-refractivity contribution >= 4 is 23.5 Å². The molecule has 1 aromatic rings. The van der Waals surface area contributed by atoms with Crippen molar-refractivity contribution in [1.29, 1.82) is 0 Å². The molecule has 2 N–H and O–H groups in total. The minimum absolute atomic E-state index is 0.0301. The van der Waals surface area contributed by atoms with Crippen molar-refractivity contribution in [3.8, 4) is 5.75 Å². The van der Waals surface area contributed by atoms with Gasteiger partial charge in [-0.05, 0) is 19.1 Å². The molecule has 0 saturated heterocycles. The Labute approximate surface area is 121 Å². The number of fused-ring (bicyclic) bond motifs is 1. The quantitative estimate of drug-likeness (QED) is 0.783. The van der Waals surface area contributed by atoms with E-state index in [9.17, 15) is 14.4 Å². The first-order valence-electron chi connectivity index (χ1n) is 6.50. The normalized spacial score (nSPS) is 14.9. The van der Waals surface area contributed by atoms with E-state index in [0.717, 1.165) is 0 Å². The Bertz CT molecular complexity index is 572. The number of carbonyl (C=O) groups is 3. The molecule has 2 amide bonds. The van der Waals surface area contributed by atoms with Crippen molar-refractivity contribution in [1.82, 2.24) is 0 Å². The van der Waals surface area contributed by atoms with Crippen LogP contribution in [0.5, 0.6) is 5.75 Å². The summed E-state index contributed by atoms with van der Waals surface area (Å²) in [6.45, 7) is 1.49. The second-order valence-corrected chi connectivity index (χ2v) is 4.59. The molecule has 1 aliphatic heterocycles. The fraction of sp³-hybridized carbons (Fsp3) is 0.357. The second-order valence-electron chi connectivity index (χ2n) is 4.59. The fourth-order valence-electron chi connectivity index (χ4n) is 1.92. The largest absolute Gasteiger partial charge is 0.482 e. The number of nitrogens with two attached hydrogens (primary N) is 1. The molecular formula is C14H16N2O5. The van der Waals surface area contributed by atoms with Crippen LogP contribution < -0.4 is 15.4 Å². The Morgan fingerprint density at radius 1 is 1.43 bits per heavy atom. The van der Waals surface area contributed by atoms with Gasteiger partial charge in [-0.15, -0.1) is 0 Å². The number of hydrogen-bond acceptors (Lipinski definition) is 5. The molecule has 21 heavy (non-hydrogen) atoms. The summed E-state index contributed by atoms with van der Waals surface area (Å²) in [5.41, 5.74) is 5.63. The van der Waals surface area contributed by atoms with E-state index in [4.69, 9.17) is 15.2 Å². The summed E-state index contributed by atoms with van der Waals surface area (Å²) in [6, 6.07) is 7.07. The van der Waals surface area contributed by atoms with Crippen LogP contribution in [0.4, 0.5) is 5.69 Å². The first-order chi connectivity index (χ1) is 9.99. The topological polar surface area (TPSA) is 98.9 Å². The maximum atomic E-state index is 11.9. The van der Waals surface area contributed by atoms with Gasteiger partial charge in [0.25, 0.3) is 11.8 Å². The van der Waals surface area contributed by atoms with E-state index >= 15 is 0 Å². The summed E-state index contributed by atoms with van der Waals surface area (Å²) in [6.07, 6.45) is -1.01. The minimum atomic E-state index is -0.981. The maximum absolute atomic E-state index is 11.9. The number of nitrogens with zero attached hydrogens (tertiary/aromatic N) is 1. The van der Waals surface area contributed by atoms with Crippen molar-refractivity contribution in [3.05, 3.63) is 24.3 Å². The lowest BCUT2D eigenvalue weighted by Gasteiger charge is -2.29. The number of ether oxygens (including phenoxy) is 2. The lowest BCUT2D eigenvalue weighted by atomic mass is 10.2. The average molecular weight is 292 g/mol. The molecule has 1 atom stereocenters. The third-order valence-corrected chi connectivity index (χ3v) is 3.06. The first kappa shape index (κ1) is 14.8. The van der Waals surface area contributed by atoms with Gasteiger partial charge in [-0.3, -0.25) is 14.4 Å².